The third-order valence-corrected chi connectivity index (χ3v) is 5.18. The van der Waals surface area contributed by atoms with Gasteiger partial charge in [-0.05, 0) is 38.0 Å². The highest BCUT2D eigenvalue weighted by Gasteiger charge is 2.51. The molecule has 2 aliphatic rings. The largest absolute Gasteiger partial charge is 0.355 e. The lowest BCUT2D eigenvalue weighted by atomic mass is 9.87. The number of hydrogen-bond acceptors (Lipinski definition) is 2. The van der Waals surface area contributed by atoms with Crippen LogP contribution in [-0.2, 0) is 9.59 Å². The molecule has 0 radical (unpaired) electrons. The van der Waals surface area contributed by atoms with Crippen molar-refractivity contribution in [2.75, 3.05) is 6.54 Å². The molecule has 0 unspecified atom stereocenters. The van der Waals surface area contributed by atoms with Gasteiger partial charge in [-0.1, -0.05) is 27.7 Å². The predicted molar refractivity (Wildman–Crippen MR) is 83.6 cm³/mol. The molecule has 1 N–H and O–H groups in total. The summed E-state index contributed by atoms with van der Waals surface area (Å²) in [6.07, 6.45) is 1.73. The highest BCUT2D eigenvalue weighted by Crippen LogP contribution is 2.46. The Morgan fingerprint density at radius 2 is 2.00 bits per heavy atom. The molecule has 4 atom stereocenters. The van der Waals surface area contributed by atoms with Crippen LogP contribution >= 0.6 is 0 Å². The molecule has 1 saturated heterocycles. The number of fused-ring (bicyclic) bond motifs is 1. The molecule has 0 bridgehead atoms. The SMILES string of the molecule is CC(C)N1C(=O)C[C@H]2[C@H](CNC(=O)C(C)(C)C)[C@@H](C)C[C@H]21. The van der Waals surface area contributed by atoms with Gasteiger partial charge in [-0.2, -0.15) is 0 Å². The molecule has 4 nitrogen and oxygen atoms in total. The Labute approximate surface area is 128 Å². The lowest BCUT2D eigenvalue weighted by molar-refractivity contribution is -0.130. The van der Waals surface area contributed by atoms with Crippen LogP contribution in [0.25, 0.3) is 0 Å². The van der Waals surface area contributed by atoms with Crippen molar-refractivity contribution < 1.29 is 9.59 Å². The number of nitrogens with zero attached hydrogens (tertiary/aromatic N) is 1. The Bertz CT molecular complexity index is 425. The summed E-state index contributed by atoms with van der Waals surface area (Å²) in [4.78, 5) is 26.4. The molecule has 1 aliphatic carbocycles. The second kappa shape index (κ2) is 5.62. The molecule has 0 aromatic carbocycles. The fraction of sp³-hybridized carbons (Fsp3) is 0.882. The topological polar surface area (TPSA) is 49.4 Å². The number of carbonyl (C=O) groups is 2. The Kier molecular flexibility index (Phi) is 4.36. The molecular formula is C17H30N2O2. The monoisotopic (exact) mass is 294 g/mol. The molecular weight excluding hydrogens is 264 g/mol. The summed E-state index contributed by atoms with van der Waals surface area (Å²) >= 11 is 0. The molecule has 1 saturated carbocycles. The van der Waals surface area contributed by atoms with Crippen LogP contribution in [0.5, 0.6) is 0 Å². The summed E-state index contributed by atoms with van der Waals surface area (Å²) in [7, 11) is 0. The van der Waals surface area contributed by atoms with Crippen molar-refractivity contribution in [3.8, 4) is 0 Å². The lowest BCUT2D eigenvalue weighted by Crippen LogP contribution is -2.40. The summed E-state index contributed by atoms with van der Waals surface area (Å²) in [6, 6.07) is 0.659. The van der Waals surface area contributed by atoms with Gasteiger partial charge in [0.2, 0.25) is 11.8 Å². The summed E-state index contributed by atoms with van der Waals surface area (Å²) < 4.78 is 0. The van der Waals surface area contributed by atoms with Gasteiger partial charge in [0.15, 0.2) is 0 Å². The first-order valence-electron chi connectivity index (χ1n) is 8.22. The Morgan fingerprint density at radius 3 is 2.52 bits per heavy atom. The number of hydrogen-bond donors (Lipinski definition) is 1. The van der Waals surface area contributed by atoms with Crippen LogP contribution in [0, 0.1) is 23.2 Å². The van der Waals surface area contributed by atoms with Gasteiger partial charge >= 0.3 is 0 Å². The van der Waals surface area contributed by atoms with E-state index < -0.39 is 0 Å². The maximum atomic E-state index is 12.2. The van der Waals surface area contributed by atoms with Crippen molar-refractivity contribution in [1.29, 1.82) is 0 Å². The van der Waals surface area contributed by atoms with Crippen LogP contribution in [0.4, 0.5) is 0 Å². The molecule has 2 rings (SSSR count). The van der Waals surface area contributed by atoms with Gasteiger partial charge in [-0.3, -0.25) is 9.59 Å². The first kappa shape index (κ1) is 16.3. The zero-order valence-electron chi connectivity index (χ0n) is 14.3. The van der Waals surface area contributed by atoms with Gasteiger partial charge in [0.05, 0.1) is 0 Å². The van der Waals surface area contributed by atoms with E-state index in [1.807, 2.05) is 20.8 Å². The minimum atomic E-state index is -0.350. The highest BCUT2D eigenvalue weighted by atomic mass is 16.2. The normalized spacial score (nSPS) is 32.7. The van der Waals surface area contributed by atoms with Gasteiger partial charge in [0.1, 0.15) is 0 Å². The molecule has 21 heavy (non-hydrogen) atoms. The highest BCUT2D eigenvalue weighted by molar-refractivity contribution is 5.81. The van der Waals surface area contributed by atoms with E-state index in [1.54, 1.807) is 0 Å². The smallest absolute Gasteiger partial charge is 0.225 e. The van der Waals surface area contributed by atoms with E-state index in [-0.39, 0.29) is 17.4 Å². The van der Waals surface area contributed by atoms with Crippen LogP contribution in [0.2, 0.25) is 0 Å². The van der Waals surface area contributed by atoms with Crippen LogP contribution in [0.1, 0.15) is 54.4 Å². The van der Waals surface area contributed by atoms with E-state index >= 15 is 0 Å². The van der Waals surface area contributed by atoms with Gasteiger partial charge in [-0.15, -0.1) is 0 Å². The van der Waals surface area contributed by atoms with Crippen molar-refractivity contribution in [2.24, 2.45) is 23.2 Å². The quantitative estimate of drug-likeness (QED) is 0.869. The van der Waals surface area contributed by atoms with Crippen molar-refractivity contribution in [3.63, 3.8) is 0 Å². The van der Waals surface area contributed by atoms with E-state index in [0.717, 1.165) is 6.42 Å². The van der Waals surface area contributed by atoms with Gasteiger partial charge in [0, 0.05) is 30.5 Å². The van der Waals surface area contributed by atoms with Crippen molar-refractivity contribution >= 4 is 11.8 Å². The van der Waals surface area contributed by atoms with Crippen LogP contribution < -0.4 is 5.32 Å². The molecule has 1 heterocycles. The molecule has 120 valence electrons. The third kappa shape index (κ3) is 3.09. The van der Waals surface area contributed by atoms with Crippen molar-refractivity contribution in [3.05, 3.63) is 0 Å². The molecule has 0 spiro atoms. The fourth-order valence-electron chi connectivity index (χ4n) is 4.04. The number of rotatable bonds is 3. The molecule has 4 heteroatoms. The first-order chi connectivity index (χ1) is 9.62. The molecule has 2 amide bonds. The maximum Gasteiger partial charge on any atom is 0.225 e. The third-order valence-electron chi connectivity index (χ3n) is 5.18. The fourth-order valence-corrected chi connectivity index (χ4v) is 4.04. The molecule has 0 aromatic rings. The van der Waals surface area contributed by atoms with Gasteiger partial charge in [0.25, 0.3) is 0 Å². The predicted octanol–water partition coefficient (Wildman–Crippen LogP) is 2.43. The Morgan fingerprint density at radius 1 is 1.38 bits per heavy atom. The zero-order chi connectivity index (χ0) is 15.9. The van der Waals surface area contributed by atoms with Crippen molar-refractivity contribution in [1.82, 2.24) is 10.2 Å². The lowest BCUT2D eigenvalue weighted by Gasteiger charge is -2.28. The minimum absolute atomic E-state index is 0.100. The Balaban J connectivity index is 2.02. The van der Waals surface area contributed by atoms with Crippen LogP contribution in [-0.4, -0.2) is 35.3 Å². The summed E-state index contributed by atoms with van der Waals surface area (Å²) in [6.45, 7) is 13.0. The second-order valence-corrected chi connectivity index (χ2v) is 8.17. The number of likely N-dealkylation sites (tertiary alicyclic amines) is 1. The number of carbonyl (C=O) groups excluding carboxylic acids is 2. The second-order valence-electron chi connectivity index (χ2n) is 8.17. The summed E-state index contributed by atoms with van der Waals surface area (Å²) in [5, 5.41) is 3.10. The minimum Gasteiger partial charge on any atom is -0.355 e. The zero-order valence-corrected chi connectivity index (χ0v) is 14.3. The Hall–Kier alpha value is -1.06. The molecule has 1 aliphatic heterocycles. The van der Waals surface area contributed by atoms with E-state index in [2.05, 4.69) is 31.0 Å². The average Bonchev–Trinajstić information content (AvgIpc) is 2.78. The van der Waals surface area contributed by atoms with E-state index in [1.165, 1.54) is 0 Å². The van der Waals surface area contributed by atoms with E-state index in [0.29, 0.717) is 42.7 Å². The summed E-state index contributed by atoms with van der Waals surface area (Å²) in [5.41, 5.74) is -0.350. The molecule has 2 fully saturated rings. The van der Waals surface area contributed by atoms with Gasteiger partial charge < -0.3 is 10.2 Å². The first-order valence-corrected chi connectivity index (χ1v) is 8.22. The van der Waals surface area contributed by atoms with Crippen LogP contribution in [0.3, 0.4) is 0 Å². The van der Waals surface area contributed by atoms with E-state index in [9.17, 15) is 9.59 Å². The number of amides is 2. The number of nitrogens with one attached hydrogen (secondary N) is 1. The molecule has 0 aromatic heterocycles. The van der Waals surface area contributed by atoms with Gasteiger partial charge in [-0.25, -0.2) is 0 Å². The summed E-state index contributed by atoms with van der Waals surface area (Å²) in [5.74, 6) is 1.79. The van der Waals surface area contributed by atoms with E-state index in [4.69, 9.17) is 0 Å². The van der Waals surface area contributed by atoms with Crippen molar-refractivity contribution in [2.45, 2.75) is 66.5 Å². The maximum absolute atomic E-state index is 12.2. The standard InChI is InChI=1S/C17H30N2O2/c1-10(2)19-14-7-11(3)13(12(14)8-15(19)20)9-18-16(21)17(4,5)6/h10-14H,7-9H2,1-6H3,(H,18,21)/t11-,12-,13+,14+/m0/s1. The average molecular weight is 294 g/mol. The van der Waals surface area contributed by atoms with Crippen LogP contribution in [0.15, 0.2) is 0 Å².